The van der Waals surface area contributed by atoms with Gasteiger partial charge in [0.2, 0.25) is 0 Å². The Kier molecular flexibility index (Phi) is 4.03. The van der Waals surface area contributed by atoms with Gasteiger partial charge in [-0.3, -0.25) is 9.69 Å². The van der Waals surface area contributed by atoms with Crippen molar-refractivity contribution in [3.63, 3.8) is 0 Å². The van der Waals surface area contributed by atoms with Crippen LogP contribution in [0, 0.1) is 0 Å². The summed E-state index contributed by atoms with van der Waals surface area (Å²) in [5.74, 6) is 1.20. The van der Waals surface area contributed by atoms with Crippen molar-refractivity contribution in [2.24, 2.45) is 0 Å². The SMILES string of the molecule is O=C(c1cnc(C2CC2)nc1)N1CCN2C(=O)OCC2(Cc2ccccc2)C1. The van der Waals surface area contributed by atoms with Crippen molar-refractivity contribution in [2.75, 3.05) is 26.2 Å². The molecule has 0 N–H and O–H groups in total. The third-order valence-corrected chi connectivity index (χ3v) is 5.86. The molecule has 3 heterocycles. The molecule has 0 radical (unpaired) electrons. The predicted octanol–water partition coefficient (Wildman–Crippen LogP) is 2.24. The maximum absolute atomic E-state index is 13.1. The normalized spacial score (nSPS) is 24.1. The Balaban J connectivity index is 1.37. The maximum Gasteiger partial charge on any atom is 0.410 e. The highest BCUT2D eigenvalue weighted by molar-refractivity contribution is 5.94. The number of nitrogens with zero attached hydrogens (tertiary/aromatic N) is 4. The molecular weight excluding hydrogens is 356 g/mol. The van der Waals surface area contributed by atoms with Crippen LogP contribution in [0.5, 0.6) is 0 Å². The molecule has 2 aromatic rings. The Bertz CT molecular complexity index is 898. The lowest BCUT2D eigenvalue weighted by Crippen LogP contribution is -2.63. The lowest BCUT2D eigenvalue weighted by Gasteiger charge is -2.44. The molecule has 1 unspecified atom stereocenters. The molecule has 7 nitrogen and oxygen atoms in total. The number of cyclic esters (lactones) is 1. The fraction of sp³-hybridized carbons (Fsp3) is 0.429. The molecule has 0 bridgehead atoms. The Morgan fingerprint density at radius 2 is 1.89 bits per heavy atom. The Morgan fingerprint density at radius 1 is 1.14 bits per heavy atom. The van der Waals surface area contributed by atoms with Gasteiger partial charge in [-0.05, 0) is 18.4 Å². The fourth-order valence-corrected chi connectivity index (χ4v) is 4.19. The van der Waals surface area contributed by atoms with Gasteiger partial charge in [0.25, 0.3) is 5.91 Å². The highest BCUT2D eigenvalue weighted by Gasteiger charge is 2.51. The summed E-state index contributed by atoms with van der Waals surface area (Å²) in [6, 6.07) is 10.0. The van der Waals surface area contributed by atoms with Gasteiger partial charge >= 0.3 is 6.09 Å². The average Bonchev–Trinajstić information content (AvgIpc) is 3.53. The maximum atomic E-state index is 13.1. The van der Waals surface area contributed by atoms with E-state index in [1.165, 1.54) is 0 Å². The van der Waals surface area contributed by atoms with E-state index in [0.29, 0.717) is 44.1 Å². The molecule has 1 aromatic heterocycles. The van der Waals surface area contributed by atoms with Gasteiger partial charge in [-0.1, -0.05) is 30.3 Å². The second kappa shape index (κ2) is 6.58. The minimum Gasteiger partial charge on any atom is -0.447 e. The van der Waals surface area contributed by atoms with E-state index in [-0.39, 0.29) is 12.0 Å². The second-order valence-corrected chi connectivity index (χ2v) is 7.92. The van der Waals surface area contributed by atoms with Gasteiger partial charge in [0.15, 0.2) is 0 Å². The second-order valence-electron chi connectivity index (χ2n) is 7.92. The molecule has 1 atom stereocenters. The number of carbonyl (C=O) groups is 2. The monoisotopic (exact) mass is 378 g/mol. The van der Waals surface area contributed by atoms with E-state index in [9.17, 15) is 9.59 Å². The molecule has 5 rings (SSSR count). The highest BCUT2D eigenvalue weighted by atomic mass is 16.6. The van der Waals surface area contributed by atoms with Crippen molar-refractivity contribution >= 4 is 12.0 Å². The van der Waals surface area contributed by atoms with Crippen molar-refractivity contribution in [2.45, 2.75) is 30.7 Å². The molecule has 28 heavy (non-hydrogen) atoms. The first-order valence-corrected chi connectivity index (χ1v) is 9.74. The summed E-state index contributed by atoms with van der Waals surface area (Å²) < 4.78 is 5.38. The van der Waals surface area contributed by atoms with Gasteiger partial charge in [-0.25, -0.2) is 14.8 Å². The van der Waals surface area contributed by atoms with Gasteiger partial charge in [0.05, 0.1) is 5.56 Å². The van der Waals surface area contributed by atoms with Gasteiger partial charge in [0.1, 0.15) is 18.0 Å². The molecule has 1 aliphatic carbocycles. The summed E-state index contributed by atoms with van der Waals surface area (Å²) in [6.07, 6.45) is 5.89. The van der Waals surface area contributed by atoms with Crippen LogP contribution >= 0.6 is 0 Å². The van der Waals surface area contributed by atoms with Crippen LogP contribution in [0.2, 0.25) is 0 Å². The molecular formula is C21H22N4O3. The number of hydrogen-bond acceptors (Lipinski definition) is 5. The summed E-state index contributed by atoms with van der Waals surface area (Å²) in [4.78, 5) is 37.6. The number of benzene rings is 1. The lowest BCUT2D eigenvalue weighted by molar-refractivity contribution is 0.0375. The van der Waals surface area contributed by atoms with E-state index in [1.54, 1.807) is 22.2 Å². The number of aromatic nitrogens is 2. The van der Waals surface area contributed by atoms with Crippen molar-refractivity contribution in [3.05, 3.63) is 59.7 Å². The molecule has 1 saturated carbocycles. The Labute approximate surface area is 163 Å². The molecule has 7 heteroatoms. The van der Waals surface area contributed by atoms with E-state index >= 15 is 0 Å². The number of ether oxygens (including phenoxy) is 1. The minimum absolute atomic E-state index is 0.0891. The molecule has 2 saturated heterocycles. The number of amides is 2. The largest absolute Gasteiger partial charge is 0.447 e. The summed E-state index contributed by atoms with van der Waals surface area (Å²) in [5.41, 5.74) is 1.09. The van der Waals surface area contributed by atoms with Crippen molar-refractivity contribution < 1.29 is 14.3 Å². The van der Waals surface area contributed by atoms with E-state index in [1.807, 2.05) is 30.3 Å². The average molecular weight is 378 g/mol. The van der Waals surface area contributed by atoms with Crippen LogP contribution in [0.15, 0.2) is 42.7 Å². The third kappa shape index (κ3) is 3.00. The predicted molar refractivity (Wildman–Crippen MR) is 101 cm³/mol. The first kappa shape index (κ1) is 17.2. The zero-order chi connectivity index (χ0) is 19.1. The van der Waals surface area contributed by atoms with Gasteiger partial charge in [0, 0.05) is 44.4 Å². The zero-order valence-corrected chi connectivity index (χ0v) is 15.6. The van der Waals surface area contributed by atoms with Crippen LogP contribution in [-0.2, 0) is 11.2 Å². The van der Waals surface area contributed by atoms with Crippen LogP contribution in [0.25, 0.3) is 0 Å². The van der Waals surface area contributed by atoms with E-state index < -0.39 is 5.54 Å². The van der Waals surface area contributed by atoms with Crippen molar-refractivity contribution in [1.29, 1.82) is 0 Å². The molecule has 2 amide bonds. The van der Waals surface area contributed by atoms with Crippen LogP contribution in [0.4, 0.5) is 4.79 Å². The fourth-order valence-electron chi connectivity index (χ4n) is 4.19. The van der Waals surface area contributed by atoms with Crippen LogP contribution < -0.4 is 0 Å². The smallest absolute Gasteiger partial charge is 0.410 e. The van der Waals surface area contributed by atoms with E-state index in [4.69, 9.17) is 4.74 Å². The topological polar surface area (TPSA) is 75.6 Å². The van der Waals surface area contributed by atoms with Crippen molar-refractivity contribution in [1.82, 2.24) is 19.8 Å². The van der Waals surface area contributed by atoms with Gasteiger partial charge in [-0.2, -0.15) is 0 Å². The molecule has 0 spiro atoms. The first-order valence-electron chi connectivity index (χ1n) is 9.74. The quantitative estimate of drug-likeness (QED) is 0.816. The van der Waals surface area contributed by atoms with Gasteiger partial charge in [-0.15, -0.1) is 0 Å². The summed E-state index contributed by atoms with van der Waals surface area (Å²) in [5, 5.41) is 0. The third-order valence-electron chi connectivity index (χ3n) is 5.86. The molecule has 3 aliphatic rings. The number of fused-ring (bicyclic) bond motifs is 1. The molecule has 2 aliphatic heterocycles. The Hall–Kier alpha value is -2.96. The van der Waals surface area contributed by atoms with Crippen molar-refractivity contribution in [3.8, 4) is 0 Å². The van der Waals surface area contributed by atoms with Crippen LogP contribution in [0.1, 0.15) is 40.5 Å². The summed E-state index contributed by atoms with van der Waals surface area (Å²) >= 11 is 0. The minimum atomic E-state index is -0.527. The van der Waals surface area contributed by atoms with Crippen LogP contribution in [0.3, 0.4) is 0 Å². The number of piperazine rings is 1. The Morgan fingerprint density at radius 3 is 2.61 bits per heavy atom. The van der Waals surface area contributed by atoms with Crippen LogP contribution in [-0.4, -0.2) is 63.5 Å². The first-order chi connectivity index (χ1) is 13.6. The summed E-state index contributed by atoms with van der Waals surface area (Å²) in [7, 11) is 0. The number of hydrogen-bond donors (Lipinski definition) is 0. The molecule has 3 fully saturated rings. The number of carbonyl (C=O) groups excluding carboxylic acids is 2. The zero-order valence-electron chi connectivity index (χ0n) is 15.6. The molecule has 1 aromatic carbocycles. The standard InChI is InChI=1S/C21H22N4O3/c26-19(17-11-22-18(23-12-17)16-6-7-16)24-8-9-25-20(27)28-14-21(25,13-24)10-15-4-2-1-3-5-15/h1-5,11-12,16H,6-10,13-14H2. The van der Waals surface area contributed by atoms with E-state index in [0.717, 1.165) is 24.2 Å². The molecule has 144 valence electrons. The number of rotatable bonds is 4. The highest BCUT2D eigenvalue weighted by Crippen LogP contribution is 2.37. The summed E-state index contributed by atoms with van der Waals surface area (Å²) in [6.45, 7) is 1.69. The lowest BCUT2D eigenvalue weighted by atomic mass is 9.88. The van der Waals surface area contributed by atoms with Gasteiger partial charge < -0.3 is 9.64 Å². The van der Waals surface area contributed by atoms with E-state index in [2.05, 4.69) is 9.97 Å².